The normalized spacial score (nSPS) is 11.4. The van der Waals surface area contributed by atoms with Crippen molar-refractivity contribution in [3.8, 4) is 5.75 Å². The maximum Gasteiger partial charge on any atom is 0.264 e. The van der Waals surface area contributed by atoms with E-state index in [1.165, 1.54) is 0 Å². The first kappa shape index (κ1) is 24.7. The van der Waals surface area contributed by atoms with E-state index in [2.05, 4.69) is 5.32 Å². The summed E-state index contributed by atoms with van der Waals surface area (Å²) in [5.74, 6) is 0.252. The van der Waals surface area contributed by atoms with Crippen LogP contribution in [-0.2, 0) is 19.6 Å². The third-order valence-electron chi connectivity index (χ3n) is 4.43. The van der Waals surface area contributed by atoms with Crippen LogP contribution >= 0.6 is 0 Å². The lowest BCUT2D eigenvalue weighted by Gasteiger charge is -2.24. The highest BCUT2D eigenvalue weighted by Crippen LogP contribution is 2.26. The Kier molecular flexibility index (Phi) is 9.33. The molecule has 1 amide bonds. The van der Waals surface area contributed by atoms with Crippen LogP contribution in [0, 0.1) is 6.92 Å². The number of amides is 1. The summed E-state index contributed by atoms with van der Waals surface area (Å²) in [5, 5.41) is 2.77. The van der Waals surface area contributed by atoms with Gasteiger partial charge < -0.3 is 14.8 Å². The van der Waals surface area contributed by atoms with Crippen molar-refractivity contribution in [2.24, 2.45) is 0 Å². The van der Waals surface area contributed by atoms with Crippen molar-refractivity contribution in [3.05, 3.63) is 54.1 Å². The third-order valence-corrected chi connectivity index (χ3v) is 6.21. The summed E-state index contributed by atoms with van der Waals surface area (Å²) in [6.07, 6.45) is 0.781. The fourth-order valence-electron chi connectivity index (χ4n) is 2.83. The van der Waals surface area contributed by atoms with Crippen molar-refractivity contribution in [1.82, 2.24) is 5.32 Å². The van der Waals surface area contributed by atoms with Crippen molar-refractivity contribution in [3.63, 3.8) is 0 Å². The minimum atomic E-state index is -3.93. The minimum Gasteiger partial charge on any atom is -0.494 e. The van der Waals surface area contributed by atoms with E-state index < -0.39 is 10.0 Å². The Bertz CT molecular complexity index is 925. The second kappa shape index (κ2) is 11.7. The van der Waals surface area contributed by atoms with E-state index in [4.69, 9.17) is 9.47 Å². The quantitative estimate of drug-likeness (QED) is 0.502. The molecule has 7 nitrogen and oxygen atoms in total. The molecule has 0 saturated heterocycles. The number of benzene rings is 2. The Balaban J connectivity index is 2.19. The monoisotopic (exact) mass is 448 g/mol. The smallest absolute Gasteiger partial charge is 0.264 e. The SMILES string of the molecule is CCOc1ccc(N(CC(=O)NCCCOC(C)C)S(=O)(=O)c2ccc(C)cc2)cc1. The molecule has 0 radical (unpaired) electrons. The molecule has 0 unspecified atom stereocenters. The lowest BCUT2D eigenvalue weighted by Crippen LogP contribution is -2.41. The molecule has 0 bridgehead atoms. The molecule has 0 spiro atoms. The summed E-state index contributed by atoms with van der Waals surface area (Å²) in [5.41, 5.74) is 1.34. The van der Waals surface area contributed by atoms with Crippen LogP contribution in [0.1, 0.15) is 32.8 Å². The maximum atomic E-state index is 13.3. The zero-order chi connectivity index (χ0) is 22.9. The molecular formula is C23H32N2O5S. The molecule has 0 heterocycles. The lowest BCUT2D eigenvalue weighted by molar-refractivity contribution is -0.119. The topological polar surface area (TPSA) is 84.9 Å². The molecule has 170 valence electrons. The van der Waals surface area contributed by atoms with Crippen LogP contribution in [-0.4, -0.2) is 46.7 Å². The fraction of sp³-hybridized carbons (Fsp3) is 0.435. The van der Waals surface area contributed by atoms with Gasteiger partial charge in [-0.05, 0) is 70.5 Å². The van der Waals surface area contributed by atoms with E-state index >= 15 is 0 Å². The number of carbonyl (C=O) groups excluding carboxylic acids is 1. The van der Waals surface area contributed by atoms with Crippen LogP contribution < -0.4 is 14.4 Å². The van der Waals surface area contributed by atoms with Gasteiger partial charge in [-0.25, -0.2) is 8.42 Å². The van der Waals surface area contributed by atoms with Crippen LogP contribution in [0.4, 0.5) is 5.69 Å². The van der Waals surface area contributed by atoms with Gasteiger partial charge in [-0.2, -0.15) is 0 Å². The molecule has 2 aromatic carbocycles. The molecule has 31 heavy (non-hydrogen) atoms. The Morgan fingerprint density at radius 3 is 2.29 bits per heavy atom. The molecular weight excluding hydrogens is 416 g/mol. The zero-order valence-corrected chi connectivity index (χ0v) is 19.4. The van der Waals surface area contributed by atoms with Gasteiger partial charge in [0.1, 0.15) is 12.3 Å². The van der Waals surface area contributed by atoms with Crippen molar-refractivity contribution in [2.75, 3.05) is 30.6 Å². The average molecular weight is 449 g/mol. The van der Waals surface area contributed by atoms with Crippen LogP contribution in [0.25, 0.3) is 0 Å². The number of hydrogen-bond donors (Lipinski definition) is 1. The van der Waals surface area contributed by atoms with Crippen LogP contribution in [0.5, 0.6) is 5.75 Å². The summed E-state index contributed by atoms with van der Waals surface area (Å²) >= 11 is 0. The molecule has 0 saturated carbocycles. The first-order chi connectivity index (χ1) is 14.7. The van der Waals surface area contributed by atoms with E-state index in [0.29, 0.717) is 37.6 Å². The zero-order valence-electron chi connectivity index (χ0n) is 18.6. The number of hydrogen-bond acceptors (Lipinski definition) is 5. The first-order valence-electron chi connectivity index (χ1n) is 10.4. The number of anilines is 1. The summed E-state index contributed by atoms with van der Waals surface area (Å²) in [7, 11) is -3.93. The predicted molar refractivity (Wildman–Crippen MR) is 122 cm³/mol. The molecule has 0 aliphatic heterocycles. The molecule has 0 aromatic heterocycles. The molecule has 1 N–H and O–H groups in total. The highest BCUT2D eigenvalue weighted by Gasteiger charge is 2.27. The molecule has 2 rings (SSSR count). The van der Waals surface area contributed by atoms with Crippen LogP contribution in [0.15, 0.2) is 53.4 Å². The highest BCUT2D eigenvalue weighted by molar-refractivity contribution is 7.92. The van der Waals surface area contributed by atoms with Crippen LogP contribution in [0.2, 0.25) is 0 Å². The predicted octanol–water partition coefficient (Wildman–Crippen LogP) is 3.52. The second-order valence-corrected chi connectivity index (χ2v) is 9.24. The molecule has 2 aromatic rings. The molecule has 0 fully saturated rings. The number of ether oxygens (including phenoxy) is 2. The third kappa shape index (κ3) is 7.56. The lowest BCUT2D eigenvalue weighted by atomic mass is 10.2. The van der Waals surface area contributed by atoms with Gasteiger partial charge in [0.05, 0.1) is 23.3 Å². The second-order valence-electron chi connectivity index (χ2n) is 7.37. The van der Waals surface area contributed by atoms with E-state index in [1.54, 1.807) is 48.5 Å². The van der Waals surface area contributed by atoms with Gasteiger partial charge in [0.25, 0.3) is 10.0 Å². The number of sulfonamides is 1. The van der Waals surface area contributed by atoms with E-state index in [9.17, 15) is 13.2 Å². The minimum absolute atomic E-state index is 0.130. The maximum absolute atomic E-state index is 13.3. The van der Waals surface area contributed by atoms with E-state index in [1.807, 2.05) is 27.7 Å². The average Bonchev–Trinajstić information content (AvgIpc) is 2.73. The fourth-order valence-corrected chi connectivity index (χ4v) is 4.25. The highest BCUT2D eigenvalue weighted by atomic mass is 32.2. The Labute approximate surface area is 185 Å². The number of nitrogens with zero attached hydrogens (tertiary/aromatic N) is 1. The Morgan fingerprint density at radius 2 is 1.71 bits per heavy atom. The van der Waals surface area contributed by atoms with Crippen molar-refractivity contribution in [2.45, 2.75) is 45.1 Å². The van der Waals surface area contributed by atoms with Crippen LogP contribution in [0.3, 0.4) is 0 Å². The van der Waals surface area contributed by atoms with Gasteiger partial charge in [0.15, 0.2) is 0 Å². The van der Waals surface area contributed by atoms with Crippen molar-refractivity contribution in [1.29, 1.82) is 0 Å². The van der Waals surface area contributed by atoms with E-state index in [0.717, 1.165) is 9.87 Å². The summed E-state index contributed by atoms with van der Waals surface area (Å²) in [4.78, 5) is 12.7. The summed E-state index contributed by atoms with van der Waals surface area (Å²) in [6.45, 7) is 8.78. The molecule has 0 aliphatic carbocycles. The Morgan fingerprint density at radius 1 is 1.06 bits per heavy atom. The molecule has 0 atom stereocenters. The number of carbonyl (C=O) groups is 1. The Hall–Kier alpha value is -2.58. The van der Waals surface area contributed by atoms with Gasteiger partial charge in [-0.15, -0.1) is 0 Å². The van der Waals surface area contributed by atoms with Gasteiger partial charge in [0.2, 0.25) is 5.91 Å². The van der Waals surface area contributed by atoms with Gasteiger partial charge >= 0.3 is 0 Å². The first-order valence-corrected chi connectivity index (χ1v) is 11.9. The largest absolute Gasteiger partial charge is 0.494 e. The molecule has 0 aliphatic rings. The van der Waals surface area contributed by atoms with Gasteiger partial charge in [-0.1, -0.05) is 17.7 Å². The number of rotatable bonds is 12. The van der Waals surface area contributed by atoms with E-state index in [-0.39, 0.29) is 23.5 Å². The van der Waals surface area contributed by atoms with Crippen molar-refractivity contribution < 1.29 is 22.7 Å². The number of aryl methyl sites for hydroxylation is 1. The standard InChI is InChI=1S/C23H32N2O5S/c1-5-29-21-11-9-20(10-12-21)25(17-23(26)24-15-6-16-30-18(2)3)31(27,28)22-13-7-19(4)8-14-22/h7-14,18H,5-6,15-17H2,1-4H3,(H,24,26). The molecule has 8 heteroatoms. The van der Waals surface area contributed by atoms with Crippen molar-refractivity contribution >= 4 is 21.6 Å². The summed E-state index contributed by atoms with van der Waals surface area (Å²) < 4.78 is 38.7. The van der Waals surface area contributed by atoms with Gasteiger partial charge in [-0.3, -0.25) is 9.10 Å². The van der Waals surface area contributed by atoms with Gasteiger partial charge in [0, 0.05) is 13.2 Å². The number of nitrogens with one attached hydrogen (secondary N) is 1. The summed E-state index contributed by atoms with van der Waals surface area (Å²) in [6, 6.07) is 13.2.